The first-order valence-electron chi connectivity index (χ1n) is 5.81. The first-order chi connectivity index (χ1) is 6.02. The van der Waals surface area contributed by atoms with Gasteiger partial charge < -0.3 is 0 Å². The topological polar surface area (TPSA) is 0 Å². The predicted octanol–water partition coefficient (Wildman–Crippen LogP) is 4.84. The molecule has 13 heavy (non-hydrogen) atoms. The van der Waals surface area contributed by atoms with Crippen LogP contribution in [0.25, 0.3) is 0 Å². The Bertz CT molecular complexity index is 113. The van der Waals surface area contributed by atoms with Crippen LogP contribution in [0.1, 0.15) is 66.2 Å². The van der Waals surface area contributed by atoms with Gasteiger partial charge in [-0.2, -0.15) is 0 Å². The molecule has 0 aromatic heterocycles. The van der Waals surface area contributed by atoms with Gasteiger partial charge in [-0.25, -0.2) is 0 Å². The molecule has 0 heterocycles. The molecule has 0 aromatic rings. The van der Waals surface area contributed by atoms with Gasteiger partial charge in [0.2, 0.25) is 0 Å². The van der Waals surface area contributed by atoms with Crippen molar-refractivity contribution in [3.8, 4) is 0 Å². The van der Waals surface area contributed by atoms with Crippen molar-refractivity contribution in [2.24, 2.45) is 11.3 Å². The molecule has 79 valence electrons. The highest BCUT2D eigenvalue weighted by Crippen LogP contribution is 2.29. The number of hydrogen-bond acceptors (Lipinski definition) is 0. The predicted molar refractivity (Wildman–Crippen MR) is 61.7 cm³/mol. The molecule has 0 N–H and O–H groups in total. The van der Waals surface area contributed by atoms with E-state index in [1.54, 1.807) is 0 Å². The monoisotopic (exact) mass is 183 g/mol. The van der Waals surface area contributed by atoms with Crippen LogP contribution in [-0.4, -0.2) is 0 Å². The van der Waals surface area contributed by atoms with Gasteiger partial charge in [0, 0.05) is 0 Å². The van der Waals surface area contributed by atoms with E-state index in [9.17, 15) is 0 Å². The van der Waals surface area contributed by atoms with Gasteiger partial charge >= 0.3 is 0 Å². The maximum Gasteiger partial charge on any atom is -0.0357 e. The van der Waals surface area contributed by atoms with Gasteiger partial charge in [-0.05, 0) is 17.8 Å². The molecule has 0 aliphatic rings. The summed E-state index contributed by atoms with van der Waals surface area (Å²) in [6.45, 7) is 13.3. The van der Waals surface area contributed by atoms with Crippen LogP contribution in [0, 0.1) is 18.3 Å². The Labute approximate surface area is 85.1 Å². The van der Waals surface area contributed by atoms with Gasteiger partial charge in [-0.1, -0.05) is 66.7 Å². The van der Waals surface area contributed by atoms with E-state index in [1.807, 2.05) is 0 Å². The molecule has 0 saturated heterocycles. The molecular formula is C13H27. The van der Waals surface area contributed by atoms with E-state index in [4.69, 9.17) is 0 Å². The number of hydrogen-bond donors (Lipinski definition) is 0. The molecule has 0 aromatic carbocycles. The van der Waals surface area contributed by atoms with Gasteiger partial charge in [0.25, 0.3) is 0 Å². The second kappa shape index (κ2) is 6.45. The standard InChI is InChI=1S/C13H27/c1-6-8-9-12(3)10-11-13(4,5)7-2/h12H,1,6-11H2,2-5H3. The molecule has 1 unspecified atom stereocenters. The molecule has 0 amide bonds. The lowest BCUT2D eigenvalue weighted by molar-refractivity contribution is 0.282. The van der Waals surface area contributed by atoms with Crippen molar-refractivity contribution >= 4 is 0 Å². The maximum atomic E-state index is 3.88. The lowest BCUT2D eigenvalue weighted by Crippen LogP contribution is -2.11. The molecule has 0 heteroatoms. The van der Waals surface area contributed by atoms with E-state index in [-0.39, 0.29) is 0 Å². The molecule has 0 nitrogen and oxygen atoms in total. The minimum absolute atomic E-state index is 0.554. The van der Waals surface area contributed by atoms with Crippen LogP contribution >= 0.6 is 0 Å². The first-order valence-corrected chi connectivity index (χ1v) is 5.81. The SMILES string of the molecule is [CH2]CCCC(C)CCC(C)(C)CC. The van der Waals surface area contributed by atoms with E-state index < -0.39 is 0 Å². The zero-order valence-electron chi connectivity index (χ0n) is 10.0. The summed E-state index contributed by atoms with van der Waals surface area (Å²) in [5.74, 6) is 0.896. The van der Waals surface area contributed by atoms with Crippen LogP contribution in [0.3, 0.4) is 0 Å². The van der Waals surface area contributed by atoms with Crippen molar-refractivity contribution in [3.63, 3.8) is 0 Å². The van der Waals surface area contributed by atoms with Crippen molar-refractivity contribution in [3.05, 3.63) is 6.92 Å². The second-order valence-corrected chi connectivity index (χ2v) is 5.16. The summed E-state index contributed by atoms with van der Waals surface area (Å²) in [5, 5.41) is 0. The van der Waals surface area contributed by atoms with Gasteiger partial charge in [0.05, 0.1) is 0 Å². The fourth-order valence-corrected chi connectivity index (χ4v) is 1.45. The molecule has 0 bridgehead atoms. The van der Waals surface area contributed by atoms with Gasteiger partial charge in [0.1, 0.15) is 0 Å². The molecular weight excluding hydrogens is 156 g/mol. The minimum Gasteiger partial charge on any atom is -0.0649 e. The Morgan fingerprint density at radius 3 is 2.31 bits per heavy atom. The van der Waals surface area contributed by atoms with Crippen LogP contribution in [0.2, 0.25) is 0 Å². The van der Waals surface area contributed by atoms with Gasteiger partial charge in [-0.3, -0.25) is 0 Å². The first kappa shape index (κ1) is 13.0. The molecule has 0 spiro atoms. The molecule has 0 rings (SSSR count). The van der Waals surface area contributed by atoms with Gasteiger partial charge in [-0.15, -0.1) is 0 Å². The summed E-state index contributed by atoms with van der Waals surface area (Å²) in [7, 11) is 0. The largest absolute Gasteiger partial charge is 0.0649 e. The average Bonchev–Trinajstić information content (AvgIpc) is 2.11. The summed E-state index contributed by atoms with van der Waals surface area (Å²) < 4.78 is 0. The molecule has 0 aliphatic heterocycles. The van der Waals surface area contributed by atoms with Crippen LogP contribution in [-0.2, 0) is 0 Å². The van der Waals surface area contributed by atoms with Crippen molar-refractivity contribution < 1.29 is 0 Å². The van der Waals surface area contributed by atoms with Crippen LogP contribution in [0.5, 0.6) is 0 Å². The van der Waals surface area contributed by atoms with Crippen molar-refractivity contribution in [2.45, 2.75) is 66.2 Å². The van der Waals surface area contributed by atoms with E-state index in [0.29, 0.717) is 5.41 Å². The van der Waals surface area contributed by atoms with E-state index >= 15 is 0 Å². The molecule has 0 saturated carbocycles. The van der Waals surface area contributed by atoms with E-state index in [0.717, 1.165) is 12.3 Å². The fourth-order valence-electron chi connectivity index (χ4n) is 1.45. The molecule has 0 aliphatic carbocycles. The quantitative estimate of drug-likeness (QED) is 0.529. The van der Waals surface area contributed by atoms with Gasteiger partial charge in [0.15, 0.2) is 0 Å². The number of rotatable bonds is 7. The highest BCUT2D eigenvalue weighted by atomic mass is 14.2. The average molecular weight is 183 g/mol. The lowest BCUT2D eigenvalue weighted by Gasteiger charge is -2.24. The third-order valence-corrected chi connectivity index (χ3v) is 3.22. The van der Waals surface area contributed by atoms with E-state index in [2.05, 4.69) is 34.6 Å². The summed E-state index contributed by atoms with van der Waals surface area (Å²) in [4.78, 5) is 0. The van der Waals surface area contributed by atoms with Crippen LogP contribution in [0.15, 0.2) is 0 Å². The van der Waals surface area contributed by atoms with Crippen LogP contribution < -0.4 is 0 Å². The minimum atomic E-state index is 0.554. The Kier molecular flexibility index (Phi) is 6.45. The summed E-state index contributed by atoms with van der Waals surface area (Å²) in [6.07, 6.45) is 7.83. The maximum absolute atomic E-state index is 3.88. The van der Waals surface area contributed by atoms with E-state index in [1.165, 1.54) is 32.1 Å². The third kappa shape index (κ3) is 7.10. The Balaban J connectivity index is 3.51. The zero-order valence-corrected chi connectivity index (χ0v) is 10.0. The van der Waals surface area contributed by atoms with Crippen LogP contribution in [0.4, 0.5) is 0 Å². The normalized spacial score (nSPS) is 14.5. The molecule has 1 atom stereocenters. The highest BCUT2D eigenvalue weighted by molar-refractivity contribution is 4.68. The smallest absolute Gasteiger partial charge is 0.0357 e. The van der Waals surface area contributed by atoms with Crippen molar-refractivity contribution in [1.29, 1.82) is 0 Å². The molecule has 1 radical (unpaired) electrons. The lowest BCUT2D eigenvalue weighted by atomic mass is 9.82. The highest BCUT2D eigenvalue weighted by Gasteiger charge is 2.15. The Morgan fingerprint density at radius 2 is 1.85 bits per heavy atom. The van der Waals surface area contributed by atoms with Crippen molar-refractivity contribution in [2.75, 3.05) is 0 Å². The summed E-state index contributed by atoms with van der Waals surface area (Å²) >= 11 is 0. The fraction of sp³-hybridized carbons (Fsp3) is 0.923. The third-order valence-electron chi connectivity index (χ3n) is 3.22. The number of unbranched alkanes of at least 4 members (excludes halogenated alkanes) is 1. The Hall–Kier alpha value is 0. The molecule has 0 fully saturated rings. The zero-order chi connectivity index (χ0) is 10.3. The second-order valence-electron chi connectivity index (χ2n) is 5.16. The Morgan fingerprint density at radius 1 is 1.23 bits per heavy atom. The summed E-state index contributed by atoms with van der Waals surface area (Å²) in [6, 6.07) is 0. The summed E-state index contributed by atoms with van der Waals surface area (Å²) in [5.41, 5.74) is 0.554. The van der Waals surface area contributed by atoms with Crippen molar-refractivity contribution in [1.82, 2.24) is 0 Å².